The number of ether oxygens (including phenoxy) is 1. The molecule has 116 valence electrons. The number of rotatable bonds is 4. The van der Waals surface area contributed by atoms with E-state index in [4.69, 9.17) is 9.15 Å². The van der Waals surface area contributed by atoms with E-state index in [9.17, 15) is 9.59 Å². The minimum atomic E-state index is -0.329. The Bertz CT molecular complexity index is 701. The summed E-state index contributed by atoms with van der Waals surface area (Å²) in [5.74, 6) is 1.28. The highest BCUT2D eigenvalue weighted by Crippen LogP contribution is 2.33. The Hall–Kier alpha value is -2.41. The van der Waals surface area contributed by atoms with Gasteiger partial charge in [-0.05, 0) is 31.0 Å². The highest BCUT2D eigenvalue weighted by Gasteiger charge is 2.33. The normalized spacial score (nSPS) is 17.9. The van der Waals surface area contributed by atoms with Crippen molar-refractivity contribution < 1.29 is 13.9 Å². The van der Waals surface area contributed by atoms with E-state index in [1.165, 1.54) is 12.1 Å². The van der Waals surface area contributed by atoms with Crippen LogP contribution >= 0.6 is 0 Å². The maximum atomic E-state index is 12.5. The van der Waals surface area contributed by atoms with Gasteiger partial charge in [-0.2, -0.15) is 5.10 Å². The van der Waals surface area contributed by atoms with Gasteiger partial charge in [-0.1, -0.05) is 0 Å². The van der Waals surface area contributed by atoms with Gasteiger partial charge >= 0.3 is 0 Å². The molecule has 0 aliphatic carbocycles. The number of hydrogen-bond acceptors (Lipinski definition) is 5. The lowest BCUT2D eigenvalue weighted by atomic mass is 10.1. The molecule has 7 nitrogen and oxygen atoms in total. The second-order valence-electron chi connectivity index (χ2n) is 5.20. The Morgan fingerprint density at radius 3 is 3.05 bits per heavy atom. The first kappa shape index (κ1) is 14.5. The summed E-state index contributed by atoms with van der Waals surface area (Å²) in [5, 5.41) is 6.09. The van der Waals surface area contributed by atoms with E-state index in [-0.39, 0.29) is 23.2 Å². The molecular weight excluding hydrogens is 286 g/mol. The molecule has 3 rings (SSSR count). The number of hydrogen-bond donors (Lipinski definition) is 1. The average Bonchev–Trinajstić information content (AvgIpc) is 3.16. The number of furan rings is 1. The summed E-state index contributed by atoms with van der Waals surface area (Å²) < 4.78 is 10.8. The molecule has 0 saturated carbocycles. The number of nitrogens with zero attached hydrogens (tertiary/aromatic N) is 2. The number of carbonyl (C=O) groups is 1. The van der Waals surface area contributed by atoms with Crippen LogP contribution in [0.2, 0.25) is 0 Å². The van der Waals surface area contributed by atoms with Crippen molar-refractivity contribution in [3.8, 4) is 0 Å². The number of methoxy groups -OCH3 is 1. The van der Waals surface area contributed by atoms with Crippen LogP contribution in [0.1, 0.15) is 40.9 Å². The molecule has 1 unspecified atom stereocenters. The topological polar surface area (TPSA) is 88.4 Å². The number of likely N-dealkylation sites (tertiary alicyclic amines) is 1. The van der Waals surface area contributed by atoms with Crippen LogP contribution in [0.5, 0.6) is 0 Å². The number of amides is 1. The van der Waals surface area contributed by atoms with Crippen LogP contribution in [-0.2, 0) is 11.3 Å². The summed E-state index contributed by atoms with van der Waals surface area (Å²) in [6.07, 6.45) is 1.75. The lowest BCUT2D eigenvalue weighted by molar-refractivity contribution is 0.0708. The van der Waals surface area contributed by atoms with Crippen LogP contribution in [0.3, 0.4) is 0 Å². The third kappa shape index (κ3) is 2.80. The van der Waals surface area contributed by atoms with Crippen LogP contribution in [0.4, 0.5) is 0 Å². The molecule has 0 radical (unpaired) electrons. The van der Waals surface area contributed by atoms with E-state index < -0.39 is 0 Å². The summed E-state index contributed by atoms with van der Waals surface area (Å²) in [6, 6.07) is 6.37. The lowest BCUT2D eigenvalue weighted by Gasteiger charge is -2.22. The zero-order chi connectivity index (χ0) is 15.5. The molecule has 7 heteroatoms. The first-order valence-electron chi connectivity index (χ1n) is 7.13. The van der Waals surface area contributed by atoms with Crippen molar-refractivity contribution in [3.63, 3.8) is 0 Å². The summed E-state index contributed by atoms with van der Waals surface area (Å²) in [7, 11) is 1.61. The highest BCUT2D eigenvalue weighted by molar-refractivity contribution is 5.92. The number of H-pyrrole nitrogens is 1. The Balaban J connectivity index is 1.81. The van der Waals surface area contributed by atoms with E-state index in [1.54, 1.807) is 12.0 Å². The minimum Gasteiger partial charge on any atom is -0.461 e. The number of nitrogens with one attached hydrogen (secondary N) is 1. The SMILES string of the molecule is COCc1ccc(C2CCCN2C(=O)c2ccc(=O)[nH]n2)o1. The molecule has 1 saturated heterocycles. The van der Waals surface area contributed by atoms with Gasteiger partial charge in [-0.25, -0.2) is 5.10 Å². The molecule has 2 aromatic rings. The molecule has 1 fully saturated rings. The van der Waals surface area contributed by atoms with Gasteiger partial charge < -0.3 is 14.1 Å². The Labute approximate surface area is 126 Å². The van der Waals surface area contributed by atoms with Crippen LogP contribution in [-0.4, -0.2) is 34.7 Å². The van der Waals surface area contributed by atoms with Gasteiger partial charge in [-0.15, -0.1) is 0 Å². The summed E-state index contributed by atoms with van der Waals surface area (Å²) in [6.45, 7) is 1.05. The molecule has 1 aliphatic heterocycles. The van der Waals surface area contributed by atoms with Gasteiger partial charge in [0.1, 0.15) is 23.8 Å². The largest absolute Gasteiger partial charge is 0.461 e. The second-order valence-corrected chi connectivity index (χ2v) is 5.20. The van der Waals surface area contributed by atoms with Gasteiger partial charge in [0.25, 0.3) is 11.5 Å². The van der Waals surface area contributed by atoms with E-state index in [1.807, 2.05) is 12.1 Å². The molecular formula is C15H17N3O4. The molecule has 1 N–H and O–H groups in total. The lowest BCUT2D eigenvalue weighted by Crippen LogP contribution is -2.31. The fraction of sp³-hybridized carbons (Fsp3) is 0.400. The molecule has 0 aromatic carbocycles. The van der Waals surface area contributed by atoms with Crippen LogP contribution in [0.15, 0.2) is 33.5 Å². The van der Waals surface area contributed by atoms with Crippen molar-refractivity contribution in [1.82, 2.24) is 15.1 Å². The van der Waals surface area contributed by atoms with Crippen LogP contribution in [0.25, 0.3) is 0 Å². The van der Waals surface area contributed by atoms with Crippen LogP contribution < -0.4 is 5.56 Å². The zero-order valence-electron chi connectivity index (χ0n) is 12.2. The Kier molecular flexibility index (Phi) is 4.06. The van der Waals surface area contributed by atoms with Gasteiger partial charge in [-0.3, -0.25) is 9.59 Å². The molecule has 1 amide bonds. The highest BCUT2D eigenvalue weighted by atomic mass is 16.5. The molecule has 1 aliphatic rings. The first-order valence-corrected chi connectivity index (χ1v) is 7.13. The second kappa shape index (κ2) is 6.15. The van der Waals surface area contributed by atoms with E-state index in [0.29, 0.717) is 13.2 Å². The summed E-state index contributed by atoms with van der Waals surface area (Å²) in [5.41, 5.74) is -0.0973. The fourth-order valence-electron chi connectivity index (χ4n) is 2.71. The van der Waals surface area contributed by atoms with Crippen molar-refractivity contribution in [2.75, 3.05) is 13.7 Å². The molecule has 3 heterocycles. The molecule has 1 atom stereocenters. The van der Waals surface area contributed by atoms with Crippen LogP contribution in [0, 0.1) is 0 Å². The number of aromatic nitrogens is 2. The Morgan fingerprint density at radius 1 is 1.45 bits per heavy atom. The monoisotopic (exact) mass is 303 g/mol. The third-order valence-electron chi connectivity index (χ3n) is 3.71. The van der Waals surface area contributed by atoms with E-state index in [2.05, 4.69) is 10.2 Å². The predicted octanol–water partition coefficient (Wildman–Crippen LogP) is 1.49. The maximum absolute atomic E-state index is 12.5. The minimum absolute atomic E-state index is 0.105. The van der Waals surface area contributed by atoms with Gasteiger partial charge in [0.05, 0.1) is 6.04 Å². The zero-order valence-corrected chi connectivity index (χ0v) is 12.2. The third-order valence-corrected chi connectivity index (χ3v) is 3.71. The predicted molar refractivity (Wildman–Crippen MR) is 77.3 cm³/mol. The first-order chi connectivity index (χ1) is 10.7. The number of aromatic amines is 1. The maximum Gasteiger partial charge on any atom is 0.274 e. The van der Waals surface area contributed by atoms with Gasteiger partial charge in [0, 0.05) is 19.7 Å². The van der Waals surface area contributed by atoms with Crippen molar-refractivity contribution in [1.29, 1.82) is 0 Å². The number of carbonyl (C=O) groups excluding carboxylic acids is 1. The quantitative estimate of drug-likeness (QED) is 0.924. The summed E-state index contributed by atoms with van der Waals surface area (Å²) >= 11 is 0. The molecule has 22 heavy (non-hydrogen) atoms. The van der Waals surface area contributed by atoms with Crippen molar-refractivity contribution in [2.45, 2.75) is 25.5 Å². The molecule has 2 aromatic heterocycles. The van der Waals surface area contributed by atoms with Gasteiger partial charge in [0.2, 0.25) is 0 Å². The van der Waals surface area contributed by atoms with Gasteiger partial charge in [0.15, 0.2) is 0 Å². The van der Waals surface area contributed by atoms with E-state index in [0.717, 1.165) is 24.4 Å². The fourth-order valence-corrected chi connectivity index (χ4v) is 2.71. The Morgan fingerprint density at radius 2 is 2.32 bits per heavy atom. The standard InChI is InChI=1S/C15H17N3O4/c1-21-9-10-4-6-13(22-10)12-3-2-8-18(12)15(20)11-5-7-14(19)17-16-11/h4-7,12H,2-3,8-9H2,1H3,(H,17,19). The van der Waals surface area contributed by atoms with E-state index >= 15 is 0 Å². The molecule has 0 spiro atoms. The van der Waals surface area contributed by atoms with Crippen molar-refractivity contribution in [3.05, 3.63) is 51.8 Å². The molecule has 0 bridgehead atoms. The van der Waals surface area contributed by atoms with Crippen molar-refractivity contribution in [2.24, 2.45) is 0 Å². The smallest absolute Gasteiger partial charge is 0.274 e. The summed E-state index contributed by atoms with van der Waals surface area (Å²) in [4.78, 5) is 25.3. The average molecular weight is 303 g/mol. The van der Waals surface area contributed by atoms with Crippen molar-refractivity contribution >= 4 is 5.91 Å².